The van der Waals surface area contributed by atoms with Crippen LogP contribution in [0.1, 0.15) is 23.7 Å². The smallest absolute Gasteiger partial charge is 0.238 e. The van der Waals surface area contributed by atoms with Crippen molar-refractivity contribution in [1.82, 2.24) is 14.8 Å². The number of carbonyl (C=O) groups excluding carboxylic acids is 2. The molecule has 1 fully saturated rings. The van der Waals surface area contributed by atoms with Crippen molar-refractivity contribution >= 4 is 28.8 Å². The average Bonchev–Trinajstić information content (AvgIpc) is 3.31. The highest BCUT2D eigenvalue weighted by Gasteiger charge is 2.23. The Labute approximate surface area is 210 Å². The monoisotopic (exact) mass is 492 g/mol. The molecule has 0 atom stereocenters. The minimum absolute atomic E-state index is 0.0270. The number of hydrogen-bond acceptors (Lipinski definition) is 6. The summed E-state index contributed by atoms with van der Waals surface area (Å²) in [5, 5.41) is 5.82. The number of anilines is 1. The molecule has 0 radical (unpaired) electrons. The summed E-state index contributed by atoms with van der Waals surface area (Å²) in [4.78, 5) is 34.1. The van der Waals surface area contributed by atoms with Crippen molar-refractivity contribution in [3.8, 4) is 16.3 Å². The van der Waals surface area contributed by atoms with Gasteiger partial charge in [0.1, 0.15) is 10.8 Å². The van der Waals surface area contributed by atoms with Gasteiger partial charge in [-0.1, -0.05) is 24.3 Å². The first-order chi connectivity index (χ1) is 16.9. The molecule has 4 rings (SSSR count). The van der Waals surface area contributed by atoms with Crippen molar-refractivity contribution < 1.29 is 14.3 Å². The maximum Gasteiger partial charge on any atom is 0.238 e. The van der Waals surface area contributed by atoms with Gasteiger partial charge in [0.05, 0.1) is 30.8 Å². The van der Waals surface area contributed by atoms with Crippen LogP contribution >= 0.6 is 11.3 Å². The summed E-state index contributed by atoms with van der Waals surface area (Å²) in [6, 6.07) is 13.7. The van der Waals surface area contributed by atoms with Crippen LogP contribution in [-0.2, 0) is 16.0 Å². The van der Waals surface area contributed by atoms with Gasteiger partial charge < -0.3 is 15.0 Å². The van der Waals surface area contributed by atoms with Gasteiger partial charge in [0, 0.05) is 37.2 Å². The summed E-state index contributed by atoms with van der Waals surface area (Å²) in [6.07, 6.45) is 0.278. The SMILES string of the molecule is CCOc1ccccc1-c1nc(CC(=O)N2CCN(CC(=O)Nc3cccc(C)c3C)CC2)cs1. The van der Waals surface area contributed by atoms with Crippen LogP contribution in [0.5, 0.6) is 5.75 Å². The van der Waals surface area contributed by atoms with E-state index in [1.807, 2.05) is 73.5 Å². The molecule has 0 aliphatic carbocycles. The second-order valence-corrected chi connectivity index (χ2v) is 9.56. The van der Waals surface area contributed by atoms with Crippen LogP contribution in [0.3, 0.4) is 0 Å². The molecule has 1 aromatic heterocycles. The molecule has 3 aromatic rings. The lowest BCUT2D eigenvalue weighted by atomic mass is 10.1. The quantitative estimate of drug-likeness (QED) is 0.511. The number of piperazine rings is 1. The van der Waals surface area contributed by atoms with E-state index in [-0.39, 0.29) is 18.2 Å². The van der Waals surface area contributed by atoms with Gasteiger partial charge in [-0.25, -0.2) is 4.98 Å². The van der Waals surface area contributed by atoms with E-state index < -0.39 is 0 Å². The number of rotatable bonds is 8. The number of nitrogens with one attached hydrogen (secondary N) is 1. The Balaban J connectivity index is 1.27. The maximum atomic E-state index is 12.9. The minimum Gasteiger partial charge on any atom is -0.493 e. The van der Waals surface area contributed by atoms with Crippen LogP contribution < -0.4 is 10.1 Å². The molecule has 2 amide bonds. The van der Waals surface area contributed by atoms with Gasteiger partial charge in [0.2, 0.25) is 11.8 Å². The molecule has 2 aromatic carbocycles. The molecule has 184 valence electrons. The molecule has 1 saturated heterocycles. The summed E-state index contributed by atoms with van der Waals surface area (Å²) in [5.74, 6) is 0.847. The highest BCUT2D eigenvalue weighted by molar-refractivity contribution is 7.13. The summed E-state index contributed by atoms with van der Waals surface area (Å²) in [7, 11) is 0. The molecular weight excluding hydrogens is 460 g/mol. The molecule has 8 heteroatoms. The second-order valence-electron chi connectivity index (χ2n) is 8.70. The predicted molar refractivity (Wildman–Crippen MR) is 140 cm³/mol. The van der Waals surface area contributed by atoms with Crippen molar-refractivity contribution in [1.29, 1.82) is 0 Å². The van der Waals surface area contributed by atoms with Crippen molar-refractivity contribution in [2.24, 2.45) is 0 Å². The Morgan fingerprint density at radius 3 is 2.60 bits per heavy atom. The molecule has 1 aliphatic heterocycles. The zero-order valence-electron chi connectivity index (χ0n) is 20.5. The molecule has 0 saturated carbocycles. The third-order valence-electron chi connectivity index (χ3n) is 6.27. The lowest BCUT2D eigenvalue weighted by molar-refractivity contribution is -0.132. The Bertz CT molecular complexity index is 1180. The van der Waals surface area contributed by atoms with E-state index in [0.717, 1.165) is 38.8 Å². The van der Waals surface area contributed by atoms with E-state index in [9.17, 15) is 9.59 Å². The van der Waals surface area contributed by atoms with Crippen molar-refractivity contribution in [2.45, 2.75) is 27.2 Å². The highest BCUT2D eigenvalue weighted by atomic mass is 32.1. The van der Waals surface area contributed by atoms with Gasteiger partial charge in [-0.2, -0.15) is 0 Å². The zero-order valence-corrected chi connectivity index (χ0v) is 21.4. The first kappa shape index (κ1) is 24.9. The Kier molecular flexibility index (Phi) is 8.15. The summed E-state index contributed by atoms with van der Waals surface area (Å²) >= 11 is 1.53. The van der Waals surface area contributed by atoms with E-state index in [2.05, 4.69) is 10.2 Å². The molecule has 1 N–H and O–H groups in total. The van der Waals surface area contributed by atoms with E-state index in [1.165, 1.54) is 11.3 Å². The average molecular weight is 493 g/mol. The Hall–Kier alpha value is -3.23. The van der Waals surface area contributed by atoms with Crippen LogP contribution in [0.2, 0.25) is 0 Å². The molecule has 0 unspecified atom stereocenters. The van der Waals surface area contributed by atoms with Crippen molar-refractivity contribution in [2.75, 3.05) is 44.6 Å². The van der Waals surface area contributed by atoms with Gasteiger partial charge in [0.15, 0.2) is 0 Å². The number of thiazole rings is 1. The van der Waals surface area contributed by atoms with Crippen LogP contribution in [0.25, 0.3) is 10.6 Å². The van der Waals surface area contributed by atoms with Crippen LogP contribution in [0.4, 0.5) is 5.69 Å². The lowest BCUT2D eigenvalue weighted by Gasteiger charge is -2.34. The van der Waals surface area contributed by atoms with E-state index in [4.69, 9.17) is 9.72 Å². The number of hydrogen-bond donors (Lipinski definition) is 1. The number of benzene rings is 2. The molecule has 7 nitrogen and oxygen atoms in total. The number of aromatic nitrogens is 1. The largest absolute Gasteiger partial charge is 0.493 e. The summed E-state index contributed by atoms with van der Waals surface area (Å²) in [6.45, 7) is 9.49. The minimum atomic E-state index is -0.0270. The number of para-hydroxylation sites is 1. The van der Waals surface area contributed by atoms with Gasteiger partial charge in [0.25, 0.3) is 0 Å². The lowest BCUT2D eigenvalue weighted by Crippen LogP contribution is -2.50. The molecule has 1 aliphatic rings. The highest BCUT2D eigenvalue weighted by Crippen LogP contribution is 2.32. The van der Waals surface area contributed by atoms with E-state index in [0.29, 0.717) is 39.3 Å². The number of nitrogens with zero attached hydrogens (tertiary/aromatic N) is 3. The third-order valence-corrected chi connectivity index (χ3v) is 7.20. The van der Waals surface area contributed by atoms with Crippen molar-refractivity contribution in [3.05, 3.63) is 64.7 Å². The van der Waals surface area contributed by atoms with Gasteiger partial charge >= 0.3 is 0 Å². The number of amides is 2. The fraction of sp³-hybridized carbons (Fsp3) is 0.370. The van der Waals surface area contributed by atoms with E-state index in [1.54, 1.807) is 0 Å². The topological polar surface area (TPSA) is 74.8 Å². The van der Waals surface area contributed by atoms with Crippen molar-refractivity contribution in [3.63, 3.8) is 0 Å². The molecular formula is C27H32N4O3S. The molecule has 0 bridgehead atoms. The fourth-order valence-corrected chi connectivity index (χ4v) is 4.99. The van der Waals surface area contributed by atoms with Gasteiger partial charge in [-0.05, 0) is 50.1 Å². The van der Waals surface area contributed by atoms with Crippen LogP contribution in [-0.4, -0.2) is 65.9 Å². The van der Waals surface area contributed by atoms with Crippen LogP contribution in [0.15, 0.2) is 47.8 Å². The molecule has 0 spiro atoms. The number of carbonyl (C=O) groups is 2. The van der Waals surface area contributed by atoms with Gasteiger partial charge in [-0.15, -0.1) is 11.3 Å². The maximum absolute atomic E-state index is 12.9. The number of ether oxygens (including phenoxy) is 1. The first-order valence-electron chi connectivity index (χ1n) is 12.0. The summed E-state index contributed by atoms with van der Waals surface area (Å²) in [5.41, 5.74) is 4.82. The molecule has 2 heterocycles. The second kappa shape index (κ2) is 11.5. The van der Waals surface area contributed by atoms with Crippen LogP contribution in [0, 0.1) is 13.8 Å². The molecule has 35 heavy (non-hydrogen) atoms. The number of aryl methyl sites for hydroxylation is 1. The Morgan fingerprint density at radius 2 is 1.83 bits per heavy atom. The third kappa shape index (κ3) is 6.26. The summed E-state index contributed by atoms with van der Waals surface area (Å²) < 4.78 is 5.72. The zero-order chi connectivity index (χ0) is 24.8. The standard InChI is InChI=1S/C27H32N4O3S/c1-4-34-24-11-6-5-9-22(24)27-28-21(18-35-27)16-26(33)31-14-12-30(13-15-31)17-25(32)29-23-10-7-8-19(2)20(23)3/h5-11,18H,4,12-17H2,1-3H3,(H,29,32). The predicted octanol–water partition coefficient (Wildman–Crippen LogP) is 4.15. The normalized spacial score (nSPS) is 14.1. The Morgan fingerprint density at radius 1 is 1.06 bits per heavy atom. The fourth-order valence-electron chi connectivity index (χ4n) is 4.14. The van der Waals surface area contributed by atoms with E-state index >= 15 is 0 Å². The van der Waals surface area contributed by atoms with Gasteiger partial charge in [-0.3, -0.25) is 14.5 Å². The first-order valence-corrected chi connectivity index (χ1v) is 12.9.